The van der Waals surface area contributed by atoms with Crippen molar-refractivity contribution in [3.63, 3.8) is 0 Å². The van der Waals surface area contributed by atoms with E-state index in [2.05, 4.69) is 20.9 Å². The third-order valence-electron chi connectivity index (χ3n) is 1.07. The Kier molecular flexibility index (Phi) is 2.81. The molecule has 0 aliphatic carbocycles. The summed E-state index contributed by atoms with van der Waals surface area (Å²) in [4.78, 5) is 4.10. The minimum Gasteiger partial charge on any atom is -0.389 e. The molecular formula is C6H4BrClN2S. The summed E-state index contributed by atoms with van der Waals surface area (Å²) in [5.41, 5.74) is 5.96. The number of rotatable bonds is 1. The van der Waals surface area contributed by atoms with Crippen molar-refractivity contribution >= 4 is 44.7 Å². The summed E-state index contributed by atoms with van der Waals surface area (Å²) in [6.45, 7) is 0. The molecule has 0 atom stereocenters. The van der Waals surface area contributed by atoms with E-state index in [9.17, 15) is 0 Å². The summed E-state index contributed by atoms with van der Waals surface area (Å²) in [7, 11) is 0. The molecule has 0 unspecified atom stereocenters. The Balaban J connectivity index is 3.23. The molecule has 1 rings (SSSR count). The Morgan fingerprint density at radius 1 is 1.73 bits per heavy atom. The van der Waals surface area contributed by atoms with Crippen LogP contribution >= 0.6 is 39.7 Å². The predicted molar refractivity (Wildman–Crippen MR) is 52.8 cm³/mol. The summed E-state index contributed by atoms with van der Waals surface area (Å²) < 4.78 is 0.810. The quantitative estimate of drug-likeness (QED) is 0.614. The third-order valence-corrected chi connectivity index (χ3v) is 2.03. The van der Waals surface area contributed by atoms with Gasteiger partial charge in [-0.3, -0.25) is 0 Å². The molecule has 1 aromatic rings. The van der Waals surface area contributed by atoms with Crippen LogP contribution in [0.2, 0.25) is 5.15 Å². The molecule has 0 aliphatic heterocycles. The monoisotopic (exact) mass is 250 g/mol. The molecule has 5 heteroatoms. The van der Waals surface area contributed by atoms with Crippen molar-refractivity contribution < 1.29 is 0 Å². The molecule has 0 fully saturated rings. The van der Waals surface area contributed by atoms with Crippen LogP contribution in [-0.4, -0.2) is 9.97 Å². The van der Waals surface area contributed by atoms with Crippen LogP contribution in [0.4, 0.5) is 0 Å². The van der Waals surface area contributed by atoms with Crippen molar-refractivity contribution in [2.45, 2.75) is 0 Å². The van der Waals surface area contributed by atoms with Crippen molar-refractivity contribution in [2.24, 2.45) is 5.73 Å². The number of hydrogen-bond acceptors (Lipinski definition) is 2. The average molecular weight is 252 g/mol. The van der Waals surface area contributed by atoms with Gasteiger partial charge in [0.15, 0.2) is 0 Å². The highest BCUT2D eigenvalue weighted by molar-refractivity contribution is 9.10. The van der Waals surface area contributed by atoms with Gasteiger partial charge in [0.2, 0.25) is 0 Å². The minimum absolute atomic E-state index is 0.254. The maximum Gasteiger partial charge on any atom is 0.139 e. The molecule has 0 amide bonds. The lowest BCUT2D eigenvalue weighted by molar-refractivity contribution is 1.30. The zero-order valence-corrected chi connectivity index (χ0v) is 8.50. The molecule has 2 N–H and O–H groups in total. The zero-order chi connectivity index (χ0) is 8.43. The minimum atomic E-state index is 0.254. The number of nitrogens with zero attached hydrogens (tertiary/aromatic N) is 1. The van der Waals surface area contributed by atoms with Gasteiger partial charge in [0, 0.05) is 16.2 Å². The number of halogens is 2. The first-order chi connectivity index (χ1) is 5.11. The average Bonchev–Trinajstić information content (AvgIpc) is 1.94. The Morgan fingerprint density at radius 3 is 2.82 bits per heavy atom. The van der Waals surface area contributed by atoms with Crippen molar-refractivity contribution in [1.29, 1.82) is 0 Å². The summed E-state index contributed by atoms with van der Waals surface area (Å²) in [5, 5.41) is 0.334. The summed E-state index contributed by atoms with van der Waals surface area (Å²) in [6, 6.07) is 1.73. The molecule has 0 bridgehead atoms. The number of thiocarbonyl (C=S) groups is 1. The van der Waals surface area contributed by atoms with Crippen molar-refractivity contribution in [3.05, 3.63) is 27.5 Å². The smallest absolute Gasteiger partial charge is 0.139 e. The van der Waals surface area contributed by atoms with Crippen LogP contribution in [0.15, 0.2) is 16.7 Å². The van der Waals surface area contributed by atoms with Gasteiger partial charge in [-0.2, -0.15) is 0 Å². The molecule has 0 saturated carbocycles. The topological polar surface area (TPSA) is 38.9 Å². The van der Waals surface area contributed by atoms with Gasteiger partial charge in [0.1, 0.15) is 10.1 Å². The van der Waals surface area contributed by atoms with Crippen LogP contribution in [0.5, 0.6) is 0 Å². The molecule has 1 heterocycles. The van der Waals surface area contributed by atoms with Gasteiger partial charge < -0.3 is 5.73 Å². The van der Waals surface area contributed by atoms with Crippen LogP contribution in [0.1, 0.15) is 5.56 Å². The first-order valence-electron chi connectivity index (χ1n) is 2.72. The second kappa shape index (κ2) is 3.47. The molecule has 0 saturated heterocycles. The number of hydrogen-bond donors (Lipinski definition) is 1. The van der Waals surface area contributed by atoms with E-state index in [1.807, 2.05) is 0 Å². The van der Waals surface area contributed by atoms with Crippen molar-refractivity contribution in [2.75, 3.05) is 0 Å². The number of nitrogens with two attached hydrogens (primary N) is 1. The van der Waals surface area contributed by atoms with Gasteiger partial charge in [-0.25, -0.2) is 4.98 Å². The van der Waals surface area contributed by atoms with E-state index < -0.39 is 0 Å². The zero-order valence-electron chi connectivity index (χ0n) is 5.34. The predicted octanol–water partition coefficient (Wildman–Crippen LogP) is 2.13. The SMILES string of the molecule is NC(=S)c1cc(Br)cnc1Cl. The van der Waals surface area contributed by atoms with E-state index in [1.54, 1.807) is 12.3 Å². The van der Waals surface area contributed by atoms with Crippen LogP contribution in [0, 0.1) is 0 Å². The maximum atomic E-state index is 5.69. The Bertz CT molecular complexity index is 303. The summed E-state index contributed by atoms with van der Waals surface area (Å²) in [6.07, 6.45) is 1.59. The first kappa shape index (κ1) is 8.90. The van der Waals surface area contributed by atoms with E-state index >= 15 is 0 Å². The van der Waals surface area contributed by atoms with E-state index in [-0.39, 0.29) is 4.99 Å². The second-order valence-electron chi connectivity index (χ2n) is 1.86. The number of pyridine rings is 1. The molecule has 0 spiro atoms. The largest absolute Gasteiger partial charge is 0.389 e. The van der Waals surface area contributed by atoms with Crippen molar-refractivity contribution in [1.82, 2.24) is 4.98 Å². The standard InChI is InChI=1S/C6H4BrClN2S/c7-3-1-4(6(9)11)5(8)10-2-3/h1-2H,(H2,9,11). The highest BCUT2D eigenvalue weighted by Gasteiger charge is 2.03. The third kappa shape index (κ3) is 2.12. The lowest BCUT2D eigenvalue weighted by Gasteiger charge is -1.99. The van der Waals surface area contributed by atoms with Gasteiger partial charge in [-0.05, 0) is 22.0 Å². The van der Waals surface area contributed by atoms with E-state index in [1.165, 1.54) is 0 Å². The fourth-order valence-electron chi connectivity index (χ4n) is 0.595. The first-order valence-corrected chi connectivity index (χ1v) is 4.30. The van der Waals surface area contributed by atoms with Gasteiger partial charge in [-0.15, -0.1) is 0 Å². The second-order valence-corrected chi connectivity index (χ2v) is 3.57. The van der Waals surface area contributed by atoms with Gasteiger partial charge in [-0.1, -0.05) is 23.8 Å². The molecule has 0 aliphatic rings. The Labute approximate surface area is 82.9 Å². The van der Waals surface area contributed by atoms with E-state index in [4.69, 9.17) is 29.6 Å². The molecule has 11 heavy (non-hydrogen) atoms. The number of aromatic nitrogens is 1. The summed E-state index contributed by atoms with van der Waals surface area (Å²) in [5.74, 6) is 0. The van der Waals surface area contributed by atoms with E-state index in [0.29, 0.717) is 10.7 Å². The molecule has 0 aromatic carbocycles. The van der Waals surface area contributed by atoms with Gasteiger partial charge in [0.05, 0.1) is 0 Å². The summed E-state index contributed by atoms with van der Waals surface area (Å²) >= 11 is 13.7. The van der Waals surface area contributed by atoms with Gasteiger partial charge >= 0.3 is 0 Å². The van der Waals surface area contributed by atoms with Crippen LogP contribution in [0.25, 0.3) is 0 Å². The fourth-order valence-corrected chi connectivity index (χ4v) is 1.34. The molecule has 1 aromatic heterocycles. The lowest BCUT2D eigenvalue weighted by atomic mass is 10.3. The molecule has 58 valence electrons. The lowest BCUT2D eigenvalue weighted by Crippen LogP contribution is -2.10. The van der Waals surface area contributed by atoms with E-state index in [0.717, 1.165) is 4.47 Å². The normalized spacial score (nSPS) is 9.64. The van der Waals surface area contributed by atoms with Crippen molar-refractivity contribution in [3.8, 4) is 0 Å². The van der Waals surface area contributed by atoms with Gasteiger partial charge in [0.25, 0.3) is 0 Å². The molecule has 2 nitrogen and oxygen atoms in total. The maximum absolute atomic E-state index is 5.69. The highest BCUT2D eigenvalue weighted by atomic mass is 79.9. The fraction of sp³-hybridized carbons (Fsp3) is 0. The molecular weight excluding hydrogens is 248 g/mol. The van der Waals surface area contributed by atoms with Crippen LogP contribution in [-0.2, 0) is 0 Å². The highest BCUT2D eigenvalue weighted by Crippen LogP contribution is 2.17. The molecule has 0 radical (unpaired) electrons. The Hall–Kier alpha value is -0.190. The van der Waals surface area contributed by atoms with Crippen LogP contribution in [0.3, 0.4) is 0 Å². The Morgan fingerprint density at radius 2 is 2.36 bits per heavy atom. The van der Waals surface area contributed by atoms with Crippen LogP contribution < -0.4 is 5.73 Å².